The summed E-state index contributed by atoms with van der Waals surface area (Å²) >= 11 is 0. The van der Waals surface area contributed by atoms with Crippen LogP contribution in [-0.4, -0.2) is 29.1 Å². The van der Waals surface area contributed by atoms with E-state index in [0.29, 0.717) is 24.6 Å². The standard InChI is InChI=1S/C12H18N2O3/c1-8(16-2)7-11-13-12(17-14-11)9-5-3-4-6-10(9)15/h8-9H,3-7H2,1-2H3. The second kappa shape index (κ2) is 5.40. The highest BCUT2D eigenvalue weighted by molar-refractivity contribution is 5.85. The van der Waals surface area contributed by atoms with Gasteiger partial charge in [-0.1, -0.05) is 11.6 Å². The number of ether oxygens (including phenoxy) is 1. The zero-order chi connectivity index (χ0) is 12.3. The minimum Gasteiger partial charge on any atom is -0.381 e. The van der Waals surface area contributed by atoms with E-state index >= 15 is 0 Å². The number of Topliss-reactive ketones (excluding diaryl/α,β-unsaturated/α-hetero) is 1. The molecule has 1 heterocycles. The normalized spacial score (nSPS) is 22.7. The van der Waals surface area contributed by atoms with Gasteiger partial charge in [0.1, 0.15) is 5.78 Å². The van der Waals surface area contributed by atoms with Gasteiger partial charge in [0.05, 0.1) is 12.0 Å². The molecule has 2 rings (SSSR count). The third kappa shape index (κ3) is 2.91. The van der Waals surface area contributed by atoms with Crippen LogP contribution >= 0.6 is 0 Å². The number of methoxy groups -OCH3 is 1. The predicted molar refractivity (Wildman–Crippen MR) is 60.7 cm³/mol. The number of aromatic nitrogens is 2. The zero-order valence-corrected chi connectivity index (χ0v) is 10.3. The van der Waals surface area contributed by atoms with Gasteiger partial charge in [0.25, 0.3) is 0 Å². The van der Waals surface area contributed by atoms with Gasteiger partial charge in [-0.25, -0.2) is 0 Å². The second-order valence-corrected chi connectivity index (χ2v) is 4.56. The van der Waals surface area contributed by atoms with Crippen molar-refractivity contribution < 1.29 is 14.1 Å². The van der Waals surface area contributed by atoms with Crippen molar-refractivity contribution in [3.8, 4) is 0 Å². The lowest BCUT2D eigenvalue weighted by Gasteiger charge is -2.16. The summed E-state index contributed by atoms with van der Waals surface area (Å²) in [5, 5.41) is 3.90. The highest BCUT2D eigenvalue weighted by Crippen LogP contribution is 2.28. The Morgan fingerprint density at radius 3 is 3.06 bits per heavy atom. The SMILES string of the molecule is COC(C)Cc1noc(C2CCCCC2=O)n1. The van der Waals surface area contributed by atoms with Gasteiger partial charge in [0.15, 0.2) is 5.82 Å². The molecule has 1 fully saturated rings. The number of hydrogen-bond acceptors (Lipinski definition) is 5. The number of nitrogens with zero attached hydrogens (tertiary/aromatic N) is 2. The highest BCUT2D eigenvalue weighted by Gasteiger charge is 2.28. The molecule has 1 aliphatic carbocycles. The van der Waals surface area contributed by atoms with Crippen LogP contribution < -0.4 is 0 Å². The van der Waals surface area contributed by atoms with Gasteiger partial charge in [-0.2, -0.15) is 4.98 Å². The van der Waals surface area contributed by atoms with Crippen LogP contribution in [0.15, 0.2) is 4.52 Å². The molecule has 5 heteroatoms. The van der Waals surface area contributed by atoms with Gasteiger partial charge in [0.2, 0.25) is 5.89 Å². The molecule has 17 heavy (non-hydrogen) atoms. The number of hydrogen-bond donors (Lipinski definition) is 0. The van der Waals surface area contributed by atoms with E-state index in [1.165, 1.54) is 0 Å². The van der Waals surface area contributed by atoms with Crippen LogP contribution in [-0.2, 0) is 16.0 Å². The molecule has 0 N–H and O–H groups in total. The molecule has 0 saturated heterocycles. The number of carbonyl (C=O) groups excluding carboxylic acids is 1. The summed E-state index contributed by atoms with van der Waals surface area (Å²) in [4.78, 5) is 16.0. The van der Waals surface area contributed by atoms with Crippen LogP contribution in [0, 0.1) is 0 Å². The first-order valence-corrected chi connectivity index (χ1v) is 6.08. The maximum Gasteiger partial charge on any atom is 0.237 e. The van der Waals surface area contributed by atoms with Crippen molar-refractivity contribution in [2.75, 3.05) is 7.11 Å². The minimum absolute atomic E-state index is 0.0579. The Bertz CT molecular complexity index is 389. The van der Waals surface area contributed by atoms with Gasteiger partial charge in [0, 0.05) is 20.0 Å². The molecule has 0 spiro atoms. The molecule has 2 atom stereocenters. The fourth-order valence-electron chi connectivity index (χ4n) is 2.08. The van der Waals surface area contributed by atoms with Crippen molar-refractivity contribution in [1.82, 2.24) is 10.1 Å². The van der Waals surface area contributed by atoms with E-state index in [1.54, 1.807) is 7.11 Å². The fraction of sp³-hybridized carbons (Fsp3) is 0.750. The quantitative estimate of drug-likeness (QED) is 0.801. The Hall–Kier alpha value is -1.23. The molecule has 5 nitrogen and oxygen atoms in total. The number of rotatable bonds is 4. The molecule has 0 amide bonds. The van der Waals surface area contributed by atoms with Crippen molar-refractivity contribution in [1.29, 1.82) is 0 Å². The molecule has 0 radical (unpaired) electrons. The third-order valence-electron chi connectivity index (χ3n) is 3.21. The van der Waals surface area contributed by atoms with Gasteiger partial charge in [-0.3, -0.25) is 4.79 Å². The third-order valence-corrected chi connectivity index (χ3v) is 3.21. The van der Waals surface area contributed by atoms with E-state index in [2.05, 4.69) is 10.1 Å². The van der Waals surface area contributed by atoms with E-state index in [1.807, 2.05) is 6.92 Å². The summed E-state index contributed by atoms with van der Waals surface area (Å²) in [5.41, 5.74) is 0. The van der Waals surface area contributed by atoms with Crippen molar-refractivity contribution in [2.45, 2.75) is 51.0 Å². The molecule has 0 aliphatic heterocycles. The van der Waals surface area contributed by atoms with Gasteiger partial charge in [-0.05, 0) is 19.8 Å². The van der Waals surface area contributed by atoms with E-state index in [-0.39, 0.29) is 17.8 Å². The first-order chi connectivity index (χ1) is 8.20. The Kier molecular flexibility index (Phi) is 3.89. The summed E-state index contributed by atoms with van der Waals surface area (Å²) in [6, 6.07) is 0. The lowest BCUT2D eigenvalue weighted by atomic mass is 9.88. The van der Waals surface area contributed by atoms with E-state index in [9.17, 15) is 4.79 Å². The molecule has 94 valence electrons. The molecule has 0 aromatic carbocycles. The van der Waals surface area contributed by atoms with E-state index in [4.69, 9.17) is 9.26 Å². The molecule has 0 bridgehead atoms. The van der Waals surface area contributed by atoms with Crippen LogP contribution in [0.5, 0.6) is 0 Å². The number of ketones is 1. The van der Waals surface area contributed by atoms with Crippen molar-refractivity contribution in [3.63, 3.8) is 0 Å². The first-order valence-electron chi connectivity index (χ1n) is 6.08. The van der Waals surface area contributed by atoms with Crippen LogP contribution in [0.2, 0.25) is 0 Å². The molecular formula is C12H18N2O3. The molecular weight excluding hydrogens is 220 g/mol. The topological polar surface area (TPSA) is 65.2 Å². The van der Waals surface area contributed by atoms with Crippen LogP contribution in [0.3, 0.4) is 0 Å². The molecule has 1 aromatic heterocycles. The Morgan fingerprint density at radius 1 is 1.53 bits per heavy atom. The summed E-state index contributed by atoms with van der Waals surface area (Å²) in [6.07, 6.45) is 4.18. The lowest BCUT2D eigenvalue weighted by molar-refractivity contribution is -0.122. The largest absolute Gasteiger partial charge is 0.381 e. The molecule has 1 aromatic rings. The van der Waals surface area contributed by atoms with Crippen molar-refractivity contribution >= 4 is 5.78 Å². The van der Waals surface area contributed by atoms with Crippen molar-refractivity contribution in [2.24, 2.45) is 0 Å². The van der Waals surface area contributed by atoms with Crippen LogP contribution in [0.4, 0.5) is 0 Å². The second-order valence-electron chi connectivity index (χ2n) is 4.56. The smallest absolute Gasteiger partial charge is 0.237 e. The average Bonchev–Trinajstić information content (AvgIpc) is 2.78. The Balaban J connectivity index is 2.04. The Labute approximate surface area is 101 Å². The number of carbonyl (C=O) groups is 1. The first kappa shape index (κ1) is 12.2. The lowest BCUT2D eigenvalue weighted by Crippen LogP contribution is -2.17. The highest BCUT2D eigenvalue weighted by atomic mass is 16.5. The summed E-state index contributed by atoms with van der Waals surface area (Å²) in [7, 11) is 1.65. The van der Waals surface area contributed by atoms with Crippen LogP contribution in [0.25, 0.3) is 0 Å². The summed E-state index contributed by atoms with van der Waals surface area (Å²) in [5.74, 6) is 1.15. The predicted octanol–water partition coefficient (Wildman–Crippen LogP) is 1.87. The molecule has 1 aliphatic rings. The summed E-state index contributed by atoms with van der Waals surface area (Å²) in [6.45, 7) is 1.95. The maximum atomic E-state index is 11.7. The zero-order valence-electron chi connectivity index (χ0n) is 10.3. The fourth-order valence-corrected chi connectivity index (χ4v) is 2.08. The molecule has 1 saturated carbocycles. The van der Waals surface area contributed by atoms with E-state index < -0.39 is 0 Å². The Morgan fingerprint density at radius 2 is 2.35 bits per heavy atom. The minimum atomic E-state index is -0.178. The van der Waals surface area contributed by atoms with Crippen molar-refractivity contribution in [3.05, 3.63) is 11.7 Å². The van der Waals surface area contributed by atoms with Gasteiger partial charge >= 0.3 is 0 Å². The van der Waals surface area contributed by atoms with E-state index in [0.717, 1.165) is 19.3 Å². The molecule has 2 unspecified atom stereocenters. The van der Waals surface area contributed by atoms with Gasteiger partial charge < -0.3 is 9.26 Å². The summed E-state index contributed by atoms with van der Waals surface area (Å²) < 4.78 is 10.3. The monoisotopic (exact) mass is 238 g/mol. The average molecular weight is 238 g/mol. The van der Waals surface area contributed by atoms with Crippen LogP contribution in [0.1, 0.15) is 50.2 Å². The van der Waals surface area contributed by atoms with Gasteiger partial charge in [-0.15, -0.1) is 0 Å². The maximum absolute atomic E-state index is 11.7.